The summed E-state index contributed by atoms with van der Waals surface area (Å²) in [6, 6.07) is -1.20. The van der Waals surface area contributed by atoms with Gasteiger partial charge < -0.3 is 20.7 Å². The van der Waals surface area contributed by atoms with Crippen LogP contribution in [0.15, 0.2) is 0 Å². The lowest BCUT2D eigenvalue weighted by Gasteiger charge is -2.30. The zero-order valence-corrected chi connectivity index (χ0v) is 13.6. The molecular formula is C15H23N3O5. The molecule has 0 aliphatic heterocycles. The molecule has 1 fully saturated rings. The molecule has 0 unspecified atom stereocenters. The van der Waals surface area contributed by atoms with E-state index in [1.807, 2.05) is 20.8 Å². The molecule has 0 spiro atoms. The Labute approximate surface area is 134 Å². The molecule has 1 amide bonds. The van der Waals surface area contributed by atoms with Gasteiger partial charge in [0.2, 0.25) is 11.7 Å². The van der Waals surface area contributed by atoms with Crippen LogP contribution in [0.1, 0.15) is 46.5 Å². The SMILES string of the molecule is CC(C)(C)[C@H](OC1CC1)C(=O)N[C@@H](CCC(=O)C=[N+]=[N-])C(=O)O. The predicted molar refractivity (Wildman–Crippen MR) is 80.8 cm³/mol. The van der Waals surface area contributed by atoms with E-state index in [-0.39, 0.29) is 18.9 Å². The van der Waals surface area contributed by atoms with Crippen molar-refractivity contribution in [3.05, 3.63) is 5.53 Å². The number of carboxylic acid groups (broad SMARTS) is 1. The summed E-state index contributed by atoms with van der Waals surface area (Å²) >= 11 is 0. The minimum atomic E-state index is -1.23. The van der Waals surface area contributed by atoms with Gasteiger partial charge in [0.1, 0.15) is 12.1 Å². The molecule has 0 saturated heterocycles. The first kappa shape index (κ1) is 19.0. The Hall–Kier alpha value is -2.05. The van der Waals surface area contributed by atoms with Crippen molar-refractivity contribution in [3.8, 4) is 0 Å². The number of ketones is 1. The predicted octanol–water partition coefficient (Wildman–Crippen LogP) is 0.799. The van der Waals surface area contributed by atoms with E-state index in [4.69, 9.17) is 10.3 Å². The number of nitrogens with zero attached hydrogens (tertiary/aromatic N) is 2. The molecule has 1 aliphatic carbocycles. The van der Waals surface area contributed by atoms with Gasteiger partial charge in [0, 0.05) is 6.42 Å². The monoisotopic (exact) mass is 325 g/mol. The number of rotatable bonds is 9. The quantitative estimate of drug-likeness (QED) is 0.368. The van der Waals surface area contributed by atoms with Crippen LogP contribution in [-0.4, -0.2) is 52.0 Å². The maximum absolute atomic E-state index is 12.4. The Bertz CT molecular complexity index is 516. The molecule has 0 aromatic carbocycles. The van der Waals surface area contributed by atoms with Crippen LogP contribution in [-0.2, 0) is 19.1 Å². The van der Waals surface area contributed by atoms with E-state index in [1.165, 1.54) is 0 Å². The molecule has 2 N–H and O–H groups in total. The molecule has 23 heavy (non-hydrogen) atoms. The molecule has 0 bridgehead atoms. The third-order valence-electron chi connectivity index (χ3n) is 3.37. The Kier molecular flexibility index (Phi) is 6.60. The van der Waals surface area contributed by atoms with Crippen molar-refractivity contribution in [3.63, 3.8) is 0 Å². The summed E-state index contributed by atoms with van der Waals surface area (Å²) in [6.45, 7) is 5.53. The van der Waals surface area contributed by atoms with Crippen molar-refractivity contribution in [2.24, 2.45) is 5.41 Å². The van der Waals surface area contributed by atoms with Crippen molar-refractivity contribution in [1.82, 2.24) is 5.32 Å². The van der Waals surface area contributed by atoms with Gasteiger partial charge in [0.05, 0.1) is 6.10 Å². The van der Waals surface area contributed by atoms with E-state index in [9.17, 15) is 19.5 Å². The largest absolute Gasteiger partial charge is 0.480 e. The van der Waals surface area contributed by atoms with Crippen molar-refractivity contribution in [2.75, 3.05) is 0 Å². The van der Waals surface area contributed by atoms with Gasteiger partial charge >= 0.3 is 12.2 Å². The summed E-state index contributed by atoms with van der Waals surface area (Å²) in [5.74, 6) is -2.25. The number of hydrogen-bond donors (Lipinski definition) is 2. The first-order chi connectivity index (χ1) is 10.6. The molecule has 1 saturated carbocycles. The Balaban J connectivity index is 2.68. The van der Waals surface area contributed by atoms with E-state index in [0.717, 1.165) is 12.8 Å². The Morgan fingerprint density at radius 2 is 2.00 bits per heavy atom. The van der Waals surface area contributed by atoms with Crippen LogP contribution in [0.2, 0.25) is 0 Å². The second kappa shape index (κ2) is 7.99. The van der Waals surface area contributed by atoms with E-state index < -0.39 is 35.2 Å². The van der Waals surface area contributed by atoms with Gasteiger partial charge in [-0.25, -0.2) is 4.79 Å². The summed E-state index contributed by atoms with van der Waals surface area (Å²) in [6.07, 6.45) is 1.56. The standard InChI is InChI=1S/C15H23N3O5/c1-15(2,3)12(23-10-5-6-10)13(20)18-11(14(21)22)7-4-9(19)8-17-16/h8,10-12H,4-7H2,1-3H3,(H,18,20)(H,21,22)/t11-,12+/m0/s1. The number of hydrogen-bond acceptors (Lipinski definition) is 4. The fraction of sp³-hybridized carbons (Fsp3) is 0.733. The number of amides is 1. The maximum atomic E-state index is 12.4. The van der Waals surface area contributed by atoms with Crippen LogP contribution in [0.25, 0.3) is 5.53 Å². The fourth-order valence-electron chi connectivity index (χ4n) is 1.98. The maximum Gasteiger partial charge on any atom is 0.326 e. The summed E-state index contributed by atoms with van der Waals surface area (Å²) in [5.41, 5.74) is 7.78. The second-order valence-electron chi connectivity index (χ2n) is 6.73. The molecule has 1 aliphatic rings. The smallest absolute Gasteiger partial charge is 0.326 e. The number of Topliss-reactive ketones (excluding diaryl/α,β-unsaturated/α-hetero) is 1. The van der Waals surface area contributed by atoms with Gasteiger partial charge in [-0.1, -0.05) is 20.8 Å². The van der Waals surface area contributed by atoms with Gasteiger partial charge in [-0.05, 0) is 24.7 Å². The topological polar surface area (TPSA) is 129 Å². The van der Waals surface area contributed by atoms with Crippen molar-refractivity contribution in [1.29, 1.82) is 0 Å². The molecule has 0 aromatic heterocycles. The van der Waals surface area contributed by atoms with Crippen LogP contribution in [0.3, 0.4) is 0 Å². The van der Waals surface area contributed by atoms with Crippen molar-refractivity contribution in [2.45, 2.75) is 64.7 Å². The Morgan fingerprint density at radius 3 is 2.43 bits per heavy atom. The normalized spacial score (nSPS) is 16.8. The number of aliphatic carboxylic acids is 1. The van der Waals surface area contributed by atoms with E-state index in [1.54, 1.807) is 0 Å². The number of carbonyl (C=O) groups is 3. The lowest BCUT2D eigenvalue weighted by atomic mass is 9.88. The van der Waals surface area contributed by atoms with E-state index in [2.05, 4.69) is 10.1 Å². The highest BCUT2D eigenvalue weighted by Crippen LogP contribution is 2.31. The highest BCUT2D eigenvalue weighted by atomic mass is 16.5. The minimum Gasteiger partial charge on any atom is -0.480 e. The average molecular weight is 325 g/mol. The second-order valence-corrected chi connectivity index (χ2v) is 6.73. The summed E-state index contributed by atoms with van der Waals surface area (Å²) in [4.78, 5) is 37.5. The van der Waals surface area contributed by atoms with Crippen LogP contribution >= 0.6 is 0 Å². The highest BCUT2D eigenvalue weighted by Gasteiger charge is 2.38. The average Bonchev–Trinajstić information content (AvgIpc) is 3.23. The van der Waals surface area contributed by atoms with Crippen LogP contribution in [0.5, 0.6) is 0 Å². The number of ether oxygens (including phenoxy) is 1. The van der Waals surface area contributed by atoms with Gasteiger partial charge in [0.25, 0.3) is 0 Å². The third-order valence-corrected chi connectivity index (χ3v) is 3.37. The molecular weight excluding hydrogens is 302 g/mol. The van der Waals surface area contributed by atoms with Crippen LogP contribution < -0.4 is 5.32 Å². The Morgan fingerprint density at radius 1 is 1.39 bits per heavy atom. The van der Waals surface area contributed by atoms with Gasteiger partial charge in [-0.15, -0.1) is 0 Å². The van der Waals surface area contributed by atoms with Gasteiger partial charge in [0.15, 0.2) is 0 Å². The molecule has 2 atom stereocenters. The molecule has 0 radical (unpaired) electrons. The van der Waals surface area contributed by atoms with E-state index >= 15 is 0 Å². The lowest BCUT2D eigenvalue weighted by molar-refractivity contribution is -0.148. The molecule has 8 nitrogen and oxygen atoms in total. The highest BCUT2D eigenvalue weighted by molar-refractivity contribution is 6.25. The van der Waals surface area contributed by atoms with Crippen LogP contribution in [0, 0.1) is 5.41 Å². The number of nitrogens with one attached hydrogen (secondary N) is 1. The molecule has 0 aromatic rings. The molecule has 128 valence electrons. The van der Waals surface area contributed by atoms with E-state index in [0.29, 0.717) is 6.21 Å². The summed E-state index contributed by atoms with van der Waals surface area (Å²) in [7, 11) is 0. The van der Waals surface area contributed by atoms with Gasteiger partial charge in [-0.3, -0.25) is 9.59 Å². The molecule has 8 heteroatoms. The summed E-state index contributed by atoms with van der Waals surface area (Å²) < 4.78 is 5.71. The first-order valence-electron chi connectivity index (χ1n) is 7.54. The first-order valence-corrected chi connectivity index (χ1v) is 7.54. The van der Waals surface area contributed by atoms with Crippen molar-refractivity contribution >= 4 is 23.9 Å². The number of carboxylic acids is 1. The lowest BCUT2D eigenvalue weighted by Crippen LogP contribution is -2.50. The summed E-state index contributed by atoms with van der Waals surface area (Å²) in [5, 5.41) is 11.6. The van der Waals surface area contributed by atoms with Crippen LogP contribution in [0.4, 0.5) is 0 Å². The minimum absolute atomic E-state index is 0.0515. The number of carbonyl (C=O) groups excluding carboxylic acids is 2. The molecule has 1 rings (SSSR count). The zero-order valence-electron chi connectivity index (χ0n) is 13.6. The third kappa shape index (κ3) is 6.71. The van der Waals surface area contributed by atoms with Crippen molar-refractivity contribution < 1.29 is 29.0 Å². The zero-order chi connectivity index (χ0) is 17.6. The van der Waals surface area contributed by atoms with Gasteiger partial charge in [-0.2, -0.15) is 4.79 Å². The fourth-order valence-corrected chi connectivity index (χ4v) is 1.98. The molecule has 0 heterocycles.